The molecule has 0 unspecified atom stereocenters. The molecule has 0 aliphatic heterocycles. The van der Waals surface area contributed by atoms with Gasteiger partial charge in [-0.15, -0.1) is 0 Å². The van der Waals surface area contributed by atoms with Gasteiger partial charge in [0.05, 0.1) is 6.61 Å². The van der Waals surface area contributed by atoms with Gasteiger partial charge in [-0.05, 0) is 23.8 Å². The Morgan fingerprint density at radius 2 is 2.05 bits per heavy atom. The molecule has 0 spiro atoms. The van der Waals surface area contributed by atoms with Crippen molar-refractivity contribution in [1.29, 1.82) is 0 Å². The number of carbonyl (C=O) groups excluding carboxylic acids is 1. The quantitative estimate of drug-likeness (QED) is 0.863. The highest BCUT2D eigenvalue weighted by atomic mass is 16.3. The van der Waals surface area contributed by atoms with E-state index in [1.807, 2.05) is 0 Å². The van der Waals surface area contributed by atoms with Crippen LogP contribution in [0, 0.1) is 0 Å². The van der Waals surface area contributed by atoms with Crippen molar-refractivity contribution < 1.29 is 9.90 Å². The van der Waals surface area contributed by atoms with E-state index in [4.69, 9.17) is 5.11 Å². The van der Waals surface area contributed by atoms with Crippen LogP contribution < -0.4 is 10.9 Å². The van der Waals surface area contributed by atoms with Crippen LogP contribution in [0.15, 0.2) is 53.5 Å². The average Bonchev–Trinajstić information content (AvgIpc) is 2.46. The van der Waals surface area contributed by atoms with Crippen molar-refractivity contribution in [1.82, 2.24) is 4.57 Å². The lowest BCUT2D eigenvalue weighted by Crippen LogP contribution is -2.21. The van der Waals surface area contributed by atoms with Crippen molar-refractivity contribution in [3.8, 4) is 0 Å². The first-order valence-corrected chi connectivity index (χ1v) is 6.34. The molecule has 0 atom stereocenters. The van der Waals surface area contributed by atoms with Crippen molar-refractivity contribution in [3.05, 3.63) is 64.6 Å². The SMILES string of the molecule is O=C(CCn1ccccc1=O)Nc1cccc(CO)c1. The van der Waals surface area contributed by atoms with E-state index < -0.39 is 0 Å². The third-order valence-electron chi connectivity index (χ3n) is 2.87. The summed E-state index contributed by atoms with van der Waals surface area (Å²) in [5, 5.41) is 11.8. The topological polar surface area (TPSA) is 71.3 Å². The Morgan fingerprint density at radius 3 is 2.80 bits per heavy atom. The fraction of sp³-hybridized carbons (Fsp3) is 0.200. The van der Waals surface area contributed by atoms with E-state index >= 15 is 0 Å². The van der Waals surface area contributed by atoms with Crippen LogP contribution >= 0.6 is 0 Å². The second kappa shape index (κ2) is 6.68. The number of aliphatic hydroxyl groups excluding tert-OH is 1. The largest absolute Gasteiger partial charge is 0.392 e. The maximum atomic E-state index is 11.8. The number of anilines is 1. The number of nitrogens with zero attached hydrogens (tertiary/aromatic N) is 1. The number of rotatable bonds is 5. The normalized spacial score (nSPS) is 10.2. The molecular formula is C15H16N2O3. The van der Waals surface area contributed by atoms with Crippen molar-refractivity contribution >= 4 is 11.6 Å². The fourth-order valence-electron chi connectivity index (χ4n) is 1.84. The molecule has 0 saturated heterocycles. The van der Waals surface area contributed by atoms with Crippen molar-refractivity contribution in [2.75, 3.05) is 5.32 Å². The summed E-state index contributed by atoms with van der Waals surface area (Å²) in [6.45, 7) is 0.272. The summed E-state index contributed by atoms with van der Waals surface area (Å²) in [4.78, 5) is 23.3. The van der Waals surface area contributed by atoms with Gasteiger partial charge in [-0.25, -0.2) is 0 Å². The first-order chi connectivity index (χ1) is 9.69. The number of benzene rings is 1. The number of hydrogen-bond donors (Lipinski definition) is 2. The Bertz CT molecular complexity index is 649. The number of aromatic nitrogens is 1. The molecule has 2 aromatic rings. The zero-order valence-electron chi connectivity index (χ0n) is 11.0. The van der Waals surface area contributed by atoms with Crippen LogP contribution in [0.5, 0.6) is 0 Å². The number of hydrogen-bond acceptors (Lipinski definition) is 3. The molecule has 0 aliphatic carbocycles. The number of pyridine rings is 1. The van der Waals surface area contributed by atoms with Crippen molar-refractivity contribution in [2.24, 2.45) is 0 Å². The van der Waals surface area contributed by atoms with E-state index in [9.17, 15) is 9.59 Å². The van der Waals surface area contributed by atoms with Gasteiger partial charge < -0.3 is 15.0 Å². The van der Waals surface area contributed by atoms with Crippen LogP contribution in [0.4, 0.5) is 5.69 Å². The molecule has 104 valence electrons. The van der Waals surface area contributed by atoms with Gasteiger partial charge in [-0.2, -0.15) is 0 Å². The summed E-state index contributed by atoms with van der Waals surface area (Å²) in [5.41, 5.74) is 1.26. The Kier molecular flexibility index (Phi) is 4.68. The zero-order valence-corrected chi connectivity index (χ0v) is 11.0. The van der Waals surface area contributed by atoms with Crippen LogP contribution in [0.2, 0.25) is 0 Å². The Labute approximate surface area is 116 Å². The molecule has 1 heterocycles. The van der Waals surface area contributed by atoms with Gasteiger partial charge in [0, 0.05) is 30.9 Å². The lowest BCUT2D eigenvalue weighted by atomic mass is 10.2. The van der Waals surface area contributed by atoms with Gasteiger partial charge >= 0.3 is 0 Å². The van der Waals surface area contributed by atoms with Gasteiger partial charge in [-0.3, -0.25) is 9.59 Å². The first kappa shape index (κ1) is 14.0. The lowest BCUT2D eigenvalue weighted by Gasteiger charge is -2.07. The lowest BCUT2D eigenvalue weighted by molar-refractivity contribution is -0.116. The highest BCUT2D eigenvalue weighted by molar-refractivity contribution is 5.90. The van der Waals surface area contributed by atoms with Gasteiger partial charge in [0.25, 0.3) is 5.56 Å². The monoisotopic (exact) mass is 272 g/mol. The van der Waals surface area contributed by atoms with Crippen LogP contribution in [-0.4, -0.2) is 15.6 Å². The van der Waals surface area contributed by atoms with Gasteiger partial charge in [-0.1, -0.05) is 18.2 Å². The smallest absolute Gasteiger partial charge is 0.250 e. The van der Waals surface area contributed by atoms with E-state index in [0.29, 0.717) is 12.2 Å². The minimum absolute atomic E-state index is 0.0663. The third-order valence-corrected chi connectivity index (χ3v) is 2.87. The van der Waals surface area contributed by atoms with Crippen LogP contribution in [0.3, 0.4) is 0 Å². The Hall–Kier alpha value is -2.40. The number of nitrogens with one attached hydrogen (secondary N) is 1. The third kappa shape index (κ3) is 3.80. The highest BCUT2D eigenvalue weighted by Crippen LogP contribution is 2.10. The van der Waals surface area contributed by atoms with E-state index in [1.165, 1.54) is 10.6 Å². The first-order valence-electron chi connectivity index (χ1n) is 6.34. The summed E-state index contributed by atoms with van der Waals surface area (Å²) < 4.78 is 1.49. The maximum Gasteiger partial charge on any atom is 0.250 e. The van der Waals surface area contributed by atoms with E-state index in [1.54, 1.807) is 42.6 Å². The molecule has 1 amide bonds. The molecule has 1 aromatic carbocycles. The van der Waals surface area contributed by atoms with E-state index in [2.05, 4.69) is 5.32 Å². The summed E-state index contributed by atoms with van der Waals surface area (Å²) in [7, 11) is 0. The molecule has 20 heavy (non-hydrogen) atoms. The molecule has 0 saturated carbocycles. The number of aryl methyl sites for hydroxylation is 1. The molecule has 5 nitrogen and oxygen atoms in total. The second-order valence-corrected chi connectivity index (χ2v) is 4.39. The predicted molar refractivity (Wildman–Crippen MR) is 76.3 cm³/mol. The Morgan fingerprint density at radius 1 is 1.20 bits per heavy atom. The molecule has 0 fully saturated rings. The molecule has 5 heteroatoms. The number of carbonyl (C=O) groups is 1. The molecular weight excluding hydrogens is 256 g/mol. The van der Waals surface area contributed by atoms with Gasteiger partial charge in [0.1, 0.15) is 0 Å². The molecule has 2 rings (SSSR count). The van der Waals surface area contributed by atoms with Crippen LogP contribution in [0.25, 0.3) is 0 Å². The van der Waals surface area contributed by atoms with Crippen molar-refractivity contribution in [3.63, 3.8) is 0 Å². The van der Waals surface area contributed by atoms with E-state index in [-0.39, 0.29) is 24.5 Å². The van der Waals surface area contributed by atoms with E-state index in [0.717, 1.165) is 5.56 Å². The molecule has 2 N–H and O–H groups in total. The summed E-state index contributed by atoms with van der Waals surface area (Å²) in [6.07, 6.45) is 1.87. The van der Waals surface area contributed by atoms with Gasteiger partial charge in [0.15, 0.2) is 0 Å². The summed E-state index contributed by atoms with van der Waals surface area (Å²) >= 11 is 0. The van der Waals surface area contributed by atoms with Crippen molar-refractivity contribution in [2.45, 2.75) is 19.6 Å². The van der Waals surface area contributed by atoms with Crippen LogP contribution in [-0.2, 0) is 17.9 Å². The fourth-order valence-corrected chi connectivity index (χ4v) is 1.84. The average molecular weight is 272 g/mol. The minimum Gasteiger partial charge on any atom is -0.392 e. The Balaban J connectivity index is 1.92. The summed E-state index contributed by atoms with van der Waals surface area (Å²) in [5.74, 6) is -0.171. The zero-order chi connectivity index (χ0) is 14.4. The molecule has 0 radical (unpaired) electrons. The number of amides is 1. The minimum atomic E-state index is -0.171. The predicted octanol–water partition coefficient (Wildman–Crippen LogP) is 1.37. The molecule has 1 aromatic heterocycles. The number of aliphatic hydroxyl groups is 1. The second-order valence-electron chi connectivity index (χ2n) is 4.39. The van der Waals surface area contributed by atoms with Gasteiger partial charge in [0.2, 0.25) is 5.91 Å². The maximum absolute atomic E-state index is 11.8. The molecule has 0 bridgehead atoms. The van der Waals surface area contributed by atoms with Crippen LogP contribution in [0.1, 0.15) is 12.0 Å². The summed E-state index contributed by atoms with van der Waals surface area (Å²) in [6, 6.07) is 11.9. The highest BCUT2D eigenvalue weighted by Gasteiger charge is 2.04. The molecule has 0 aliphatic rings. The standard InChI is InChI=1S/C15H16N2O3/c18-11-12-4-3-5-13(10-12)16-14(19)7-9-17-8-2-1-6-15(17)20/h1-6,8,10,18H,7,9,11H2,(H,16,19).